The van der Waals surface area contributed by atoms with Crippen LogP contribution in [0, 0.1) is 0 Å². The fourth-order valence-electron chi connectivity index (χ4n) is 3.57. The van der Waals surface area contributed by atoms with Crippen LogP contribution in [0.15, 0.2) is 22.9 Å². The molecule has 0 unspecified atom stereocenters. The summed E-state index contributed by atoms with van der Waals surface area (Å²) in [5.74, 6) is 2.84. The summed E-state index contributed by atoms with van der Waals surface area (Å²) in [4.78, 5) is 6.76. The lowest BCUT2D eigenvalue weighted by Gasteiger charge is -2.32. The predicted molar refractivity (Wildman–Crippen MR) is 98.2 cm³/mol. The van der Waals surface area contributed by atoms with E-state index in [-0.39, 0.29) is 12.4 Å². The van der Waals surface area contributed by atoms with Crippen LogP contribution in [0.5, 0.6) is 0 Å². The van der Waals surface area contributed by atoms with Crippen LogP contribution in [-0.4, -0.2) is 44.3 Å². The molecule has 4 rings (SSSR count). The van der Waals surface area contributed by atoms with Crippen molar-refractivity contribution in [2.24, 2.45) is 0 Å². The number of nitrogens with zero attached hydrogens (tertiary/aromatic N) is 5. The molecule has 0 bridgehead atoms. The minimum atomic E-state index is 0. The lowest BCUT2D eigenvalue weighted by atomic mass is 9.95. The Balaban J connectivity index is 0.00000169. The van der Waals surface area contributed by atoms with Gasteiger partial charge in [-0.25, -0.2) is 0 Å². The van der Waals surface area contributed by atoms with Gasteiger partial charge in [-0.15, -0.1) is 22.6 Å². The number of rotatable bonds is 3. The minimum Gasteiger partial charge on any atom is -0.312 e. The molecule has 6 nitrogen and oxygen atoms in total. The zero-order valence-electron chi connectivity index (χ0n) is 13.5. The number of piperidine rings is 1. The second-order valence-corrected chi connectivity index (χ2v) is 7.28. The van der Waals surface area contributed by atoms with Gasteiger partial charge in [0, 0.05) is 42.4 Å². The first-order valence-corrected chi connectivity index (χ1v) is 9.03. The Morgan fingerprint density at radius 1 is 1.17 bits per heavy atom. The van der Waals surface area contributed by atoms with E-state index in [9.17, 15) is 0 Å². The number of fused-ring (bicyclic) bond motifs is 1. The molecule has 0 spiro atoms. The van der Waals surface area contributed by atoms with Crippen LogP contribution in [0.1, 0.15) is 36.0 Å². The van der Waals surface area contributed by atoms with Gasteiger partial charge in [0.05, 0.1) is 6.54 Å². The van der Waals surface area contributed by atoms with Crippen LogP contribution in [0.2, 0.25) is 0 Å². The molecule has 24 heavy (non-hydrogen) atoms. The maximum atomic E-state index is 4.48. The van der Waals surface area contributed by atoms with Crippen LogP contribution < -0.4 is 5.32 Å². The van der Waals surface area contributed by atoms with E-state index in [1.807, 2.05) is 12.4 Å². The number of pyridine rings is 1. The Hall–Kier alpha value is -1.02. The highest BCUT2D eigenvalue weighted by Crippen LogP contribution is 2.28. The van der Waals surface area contributed by atoms with E-state index in [0.717, 1.165) is 62.4 Å². The highest BCUT2D eigenvalue weighted by molar-refractivity contribution is 9.10. The molecule has 1 N–H and O–H groups in total. The van der Waals surface area contributed by atoms with Crippen molar-refractivity contribution in [3.8, 4) is 0 Å². The number of aromatic nitrogens is 4. The molecule has 4 heterocycles. The highest BCUT2D eigenvalue weighted by atomic mass is 79.9. The normalized spacial score (nSPS) is 18.9. The van der Waals surface area contributed by atoms with Crippen molar-refractivity contribution in [3.05, 3.63) is 40.1 Å². The average Bonchev–Trinajstić information content (AvgIpc) is 3.00. The third-order valence-electron chi connectivity index (χ3n) is 4.77. The van der Waals surface area contributed by atoms with Gasteiger partial charge in [0.1, 0.15) is 11.6 Å². The molecule has 0 aromatic carbocycles. The Morgan fingerprint density at radius 2 is 2.00 bits per heavy atom. The van der Waals surface area contributed by atoms with Gasteiger partial charge in [-0.2, -0.15) is 0 Å². The van der Waals surface area contributed by atoms with Crippen molar-refractivity contribution in [1.29, 1.82) is 0 Å². The Morgan fingerprint density at radius 3 is 2.79 bits per heavy atom. The Bertz CT molecular complexity index is 683. The van der Waals surface area contributed by atoms with E-state index in [2.05, 4.69) is 52.0 Å². The van der Waals surface area contributed by atoms with Crippen molar-refractivity contribution in [3.63, 3.8) is 0 Å². The highest BCUT2D eigenvalue weighted by Gasteiger charge is 2.26. The summed E-state index contributed by atoms with van der Waals surface area (Å²) in [6.07, 6.45) is 6.11. The van der Waals surface area contributed by atoms with Crippen molar-refractivity contribution < 1.29 is 0 Å². The van der Waals surface area contributed by atoms with Crippen LogP contribution >= 0.6 is 28.3 Å². The van der Waals surface area contributed by atoms with E-state index in [1.54, 1.807) is 0 Å². The van der Waals surface area contributed by atoms with Crippen molar-refractivity contribution in [2.45, 2.75) is 38.4 Å². The zero-order chi connectivity index (χ0) is 15.6. The lowest BCUT2D eigenvalue weighted by molar-refractivity contribution is 0.199. The standard InChI is InChI=1S/C16H21BrN6.ClH/c17-14-7-12(8-19-9-14)11-22-4-1-13(2-5-22)16-21-20-15-10-18-3-6-23(15)16;/h7-9,13,18H,1-6,10-11H2;1H. The van der Waals surface area contributed by atoms with Gasteiger partial charge in [-0.1, -0.05) is 0 Å². The summed E-state index contributed by atoms with van der Waals surface area (Å²) in [7, 11) is 0. The monoisotopic (exact) mass is 412 g/mol. The molecular formula is C16H22BrClN6. The van der Waals surface area contributed by atoms with Gasteiger partial charge in [-0.3, -0.25) is 9.88 Å². The SMILES string of the molecule is Brc1cncc(CN2CCC(c3nnc4n3CCNC4)CC2)c1.Cl. The van der Waals surface area contributed by atoms with Gasteiger partial charge in [-0.05, 0) is 53.5 Å². The van der Waals surface area contributed by atoms with E-state index < -0.39 is 0 Å². The summed E-state index contributed by atoms with van der Waals surface area (Å²) < 4.78 is 3.38. The lowest BCUT2D eigenvalue weighted by Crippen LogP contribution is -2.34. The molecule has 1 saturated heterocycles. The number of nitrogens with one attached hydrogen (secondary N) is 1. The third kappa shape index (κ3) is 3.79. The number of halogens is 2. The second-order valence-electron chi connectivity index (χ2n) is 6.36. The molecule has 1 fully saturated rings. The third-order valence-corrected chi connectivity index (χ3v) is 5.21. The molecule has 2 aromatic heterocycles. The van der Waals surface area contributed by atoms with Crippen LogP contribution in [-0.2, 0) is 19.6 Å². The number of likely N-dealkylation sites (tertiary alicyclic amines) is 1. The van der Waals surface area contributed by atoms with Gasteiger partial charge < -0.3 is 9.88 Å². The quantitative estimate of drug-likeness (QED) is 0.837. The largest absolute Gasteiger partial charge is 0.312 e. The van der Waals surface area contributed by atoms with Gasteiger partial charge in [0.25, 0.3) is 0 Å². The van der Waals surface area contributed by atoms with Gasteiger partial charge in [0.2, 0.25) is 0 Å². The average molecular weight is 414 g/mol. The van der Waals surface area contributed by atoms with E-state index in [0.29, 0.717) is 5.92 Å². The van der Waals surface area contributed by atoms with E-state index in [4.69, 9.17) is 0 Å². The fraction of sp³-hybridized carbons (Fsp3) is 0.562. The molecular weight excluding hydrogens is 392 g/mol. The predicted octanol–water partition coefficient (Wildman–Crippen LogP) is 2.34. The first kappa shape index (κ1) is 17.8. The molecule has 0 saturated carbocycles. The summed E-state index contributed by atoms with van der Waals surface area (Å²) in [6, 6.07) is 2.15. The molecule has 0 atom stereocenters. The van der Waals surface area contributed by atoms with Crippen molar-refractivity contribution >= 4 is 28.3 Å². The fourth-order valence-corrected chi connectivity index (χ4v) is 3.98. The van der Waals surface area contributed by atoms with Crippen molar-refractivity contribution in [2.75, 3.05) is 19.6 Å². The zero-order valence-corrected chi connectivity index (χ0v) is 15.9. The molecule has 2 aliphatic heterocycles. The summed E-state index contributed by atoms with van der Waals surface area (Å²) in [5, 5.41) is 12.2. The summed E-state index contributed by atoms with van der Waals surface area (Å²) in [5.41, 5.74) is 1.27. The first-order chi connectivity index (χ1) is 11.3. The second kappa shape index (κ2) is 7.91. The topological polar surface area (TPSA) is 58.9 Å². The van der Waals surface area contributed by atoms with Crippen LogP contribution in [0.4, 0.5) is 0 Å². The molecule has 0 amide bonds. The van der Waals surface area contributed by atoms with Crippen LogP contribution in [0.25, 0.3) is 0 Å². The minimum absolute atomic E-state index is 0. The van der Waals surface area contributed by atoms with Crippen LogP contribution in [0.3, 0.4) is 0 Å². The van der Waals surface area contributed by atoms with E-state index in [1.165, 1.54) is 11.4 Å². The smallest absolute Gasteiger partial charge is 0.147 e. The maximum absolute atomic E-state index is 4.48. The molecule has 0 radical (unpaired) electrons. The van der Waals surface area contributed by atoms with E-state index >= 15 is 0 Å². The Labute approximate surface area is 156 Å². The van der Waals surface area contributed by atoms with Crippen molar-refractivity contribution in [1.82, 2.24) is 30.0 Å². The van der Waals surface area contributed by atoms with Gasteiger partial charge in [0.15, 0.2) is 0 Å². The molecule has 130 valence electrons. The maximum Gasteiger partial charge on any atom is 0.147 e. The summed E-state index contributed by atoms with van der Waals surface area (Å²) in [6.45, 7) is 6.06. The number of hydrogen-bond acceptors (Lipinski definition) is 5. The number of hydrogen-bond donors (Lipinski definition) is 1. The molecule has 8 heteroatoms. The summed E-state index contributed by atoms with van der Waals surface area (Å²) >= 11 is 3.49. The molecule has 2 aromatic rings. The molecule has 2 aliphatic rings. The molecule has 0 aliphatic carbocycles. The van der Waals surface area contributed by atoms with Gasteiger partial charge >= 0.3 is 0 Å². The first-order valence-electron chi connectivity index (χ1n) is 8.24. The Kier molecular flexibility index (Phi) is 5.86.